The van der Waals surface area contributed by atoms with Crippen molar-refractivity contribution in [2.45, 2.75) is 70.1 Å². The Labute approximate surface area is 157 Å². The molecule has 23 heavy (non-hydrogen) atoms. The molecule has 134 valence electrons. The third-order valence-corrected chi connectivity index (χ3v) is 5.74. The summed E-state index contributed by atoms with van der Waals surface area (Å²) in [6.07, 6.45) is 9.48. The first-order valence-corrected chi connectivity index (χ1v) is 8.99. The molecule has 3 rings (SSSR count). The molecule has 0 aromatic heterocycles. The molecule has 3 fully saturated rings. The molecule has 0 amide bonds. The van der Waals surface area contributed by atoms with Crippen molar-refractivity contribution in [2.75, 3.05) is 26.8 Å². The van der Waals surface area contributed by atoms with E-state index in [1.807, 2.05) is 7.05 Å². The van der Waals surface area contributed by atoms with Gasteiger partial charge in [-0.05, 0) is 39.0 Å². The maximum atomic E-state index is 5.98. The van der Waals surface area contributed by atoms with Crippen LogP contribution < -0.4 is 10.6 Å². The summed E-state index contributed by atoms with van der Waals surface area (Å²) in [6, 6.07) is 0.502. The van der Waals surface area contributed by atoms with Crippen molar-refractivity contribution in [3.63, 3.8) is 0 Å². The van der Waals surface area contributed by atoms with Crippen LogP contribution in [0.2, 0.25) is 0 Å². The minimum Gasteiger partial charge on any atom is -0.378 e. The fraction of sp³-hybridized carbons (Fsp3) is 0.941. The molecule has 6 heteroatoms. The van der Waals surface area contributed by atoms with Crippen LogP contribution in [0.15, 0.2) is 4.99 Å². The molecule has 3 unspecified atom stereocenters. The first-order chi connectivity index (χ1) is 10.8. The highest BCUT2D eigenvalue weighted by molar-refractivity contribution is 14.0. The van der Waals surface area contributed by atoms with Crippen molar-refractivity contribution in [1.29, 1.82) is 0 Å². The summed E-state index contributed by atoms with van der Waals surface area (Å²) in [5, 5.41) is 7.09. The van der Waals surface area contributed by atoms with Gasteiger partial charge >= 0.3 is 0 Å². The topological polar surface area (TPSA) is 54.9 Å². The van der Waals surface area contributed by atoms with Crippen LogP contribution in [-0.4, -0.2) is 51.0 Å². The summed E-state index contributed by atoms with van der Waals surface area (Å²) < 4.78 is 11.7. The Balaban J connectivity index is 0.00000192. The second-order valence-electron chi connectivity index (χ2n) is 6.91. The number of nitrogens with zero attached hydrogens (tertiary/aromatic N) is 1. The zero-order valence-corrected chi connectivity index (χ0v) is 16.8. The zero-order valence-electron chi connectivity index (χ0n) is 14.5. The quantitative estimate of drug-likeness (QED) is 0.395. The molecule has 3 aliphatic rings. The van der Waals surface area contributed by atoms with E-state index in [1.54, 1.807) is 0 Å². The predicted molar refractivity (Wildman–Crippen MR) is 104 cm³/mol. The van der Waals surface area contributed by atoms with Crippen LogP contribution in [0, 0.1) is 5.41 Å². The van der Waals surface area contributed by atoms with Crippen LogP contribution in [0.4, 0.5) is 0 Å². The van der Waals surface area contributed by atoms with Crippen LogP contribution in [0.5, 0.6) is 0 Å². The summed E-state index contributed by atoms with van der Waals surface area (Å²) in [4.78, 5) is 4.39. The van der Waals surface area contributed by atoms with Gasteiger partial charge < -0.3 is 20.1 Å². The van der Waals surface area contributed by atoms with Gasteiger partial charge in [-0.15, -0.1) is 24.0 Å². The molecular formula is C17H32IN3O2. The van der Waals surface area contributed by atoms with Crippen molar-refractivity contribution >= 4 is 29.9 Å². The van der Waals surface area contributed by atoms with Gasteiger partial charge in [0.15, 0.2) is 5.96 Å². The second kappa shape index (κ2) is 8.85. The van der Waals surface area contributed by atoms with Gasteiger partial charge in [0.05, 0.1) is 12.2 Å². The van der Waals surface area contributed by atoms with Crippen LogP contribution in [0.1, 0.15) is 51.9 Å². The molecule has 0 aromatic carbocycles. The summed E-state index contributed by atoms with van der Waals surface area (Å²) in [5.41, 5.74) is 0.345. The van der Waals surface area contributed by atoms with Gasteiger partial charge in [0.2, 0.25) is 0 Å². The second-order valence-corrected chi connectivity index (χ2v) is 6.91. The van der Waals surface area contributed by atoms with E-state index in [0.29, 0.717) is 23.7 Å². The summed E-state index contributed by atoms with van der Waals surface area (Å²) in [7, 11) is 1.85. The Hall–Kier alpha value is -0.0800. The fourth-order valence-corrected chi connectivity index (χ4v) is 4.46. The number of aliphatic imine (C=N–C) groups is 1. The molecule has 0 radical (unpaired) electrons. The molecule has 2 aliphatic carbocycles. The molecule has 2 saturated carbocycles. The number of hydrogen-bond acceptors (Lipinski definition) is 3. The fourth-order valence-electron chi connectivity index (χ4n) is 4.46. The van der Waals surface area contributed by atoms with Crippen molar-refractivity contribution in [2.24, 2.45) is 10.4 Å². The number of nitrogens with one attached hydrogen (secondary N) is 2. The van der Waals surface area contributed by atoms with Crippen LogP contribution in [-0.2, 0) is 9.47 Å². The average Bonchev–Trinajstić information content (AvgIpc) is 3.21. The Morgan fingerprint density at radius 3 is 2.70 bits per heavy atom. The van der Waals surface area contributed by atoms with E-state index in [-0.39, 0.29) is 24.0 Å². The molecule has 1 aliphatic heterocycles. The van der Waals surface area contributed by atoms with Crippen LogP contribution >= 0.6 is 24.0 Å². The van der Waals surface area contributed by atoms with Crippen molar-refractivity contribution in [3.8, 4) is 0 Å². The summed E-state index contributed by atoms with van der Waals surface area (Å²) in [5.74, 6) is 0.918. The van der Waals surface area contributed by atoms with Crippen molar-refractivity contribution in [3.05, 3.63) is 0 Å². The summed E-state index contributed by atoms with van der Waals surface area (Å²) >= 11 is 0. The van der Waals surface area contributed by atoms with Gasteiger partial charge in [-0.2, -0.15) is 0 Å². The number of ether oxygens (including phenoxy) is 2. The van der Waals surface area contributed by atoms with E-state index in [4.69, 9.17) is 9.47 Å². The smallest absolute Gasteiger partial charge is 0.191 e. The minimum absolute atomic E-state index is 0. The number of rotatable bonds is 5. The van der Waals surface area contributed by atoms with E-state index in [1.165, 1.54) is 32.1 Å². The maximum Gasteiger partial charge on any atom is 0.191 e. The Bertz CT molecular complexity index is 393. The molecule has 5 nitrogen and oxygen atoms in total. The molecule has 0 aromatic rings. The van der Waals surface area contributed by atoms with Gasteiger partial charge in [-0.1, -0.05) is 12.8 Å². The largest absolute Gasteiger partial charge is 0.378 e. The van der Waals surface area contributed by atoms with Crippen molar-refractivity contribution in [1.82, 2.24) is 10.6 Å². The third kappa shape index (κ3) is 4.12. The zero-order chi connectivity index (χ0) is 15.4. The molecular weight excluding hydrogens is 405 g/mol. The Morgan fingerprint density at radius 2 is 2.09 bits per heavy atom. The van der Waals surface area contributed by atoms with Gasteiger partial charge in [0, 0.05) is 38.3 Å². The van der Waals surface area contributed by atoms with E-state index in [0.717, 1.165) is 38.6 Å². The lowest BCUT2D eigenvalue weighted by molar-refractivity contribution is -0.125. The molecule has 1 spiro atoms. The van der Waals surface area contributed by atoms with Crippen molar-refractivity contribution < 1.29 is 9.47 Å². The lowest BCUT2D eigenvalue weighted by Gasteiger charge is -2.54. The lowest BCUT2D eigenvalue weighted by Crippen LogP contribution is -2.65. The third-order valence-electron chi connectivity index (χ3n) is 5.74. The SMILES string of the molecule is CCOC1CC(NC(=NC)NCC2CCCO2)C12CCCC2.I. The Morgan fingerprint density at radius 1 is 1.30 bits per heavy atom. The molecule has 1 saturated heterocycles. The van der Waals surface area contributed by atoms with E-state index in [9.17, 15) is 0 Å². The minimum atomic E-state index is 0. The highest BCUT2D eigenvalue weighted by Crippen LogP contribution is 2.54. The highest BCUT2D eigenvalue weighted by Gasteiger charge is 2.56. The Kier molecular flexibility index (Phi) is 7.41. The first kappa shape index (κ1) is 19.2. The van der Waals surface area contributed by atoms with Crippen LogP contribution in [0.25, 0.3) is 0 Å². The van der Waals surface area contributed by atoms with E-state index in [2.05, 4.69) is 22.5 Å². The molecule has 0 bridgehead atoms. The molecule has 2 N–H and O–H groups in total. The normalized spacial score (nSPS) is 32.4. The van der Waals surface area contributed by atoms with Gasteiger partial charge in [-0.25, -0.2) is 0 Å². The van der Waals surface area contributed by atoms with E-state index < -0.39 is 0 Å². The highest BCUT2D eigenvalue weighted by atomic mass is 127. The first-order valence-electron chi connectivity index (χ1n) is 8.99. The van der Waals surface area contributed by atoms with Gasteiger partial charge in [0.25, 0.3) is 0 Å². The number of halogens is 1. The molecule has 3 atom stereocenters. The monoisotopic (exact) mass is 437 g/mol. The van der Waals surface area contributed by atoms with Gasteiger partial charge in [-0.3, -0.25) is 4.99 Å². The molecule has 1 heterocycles. The standard InChI is InChI=1S/C17H31N3O2.HI/c1-3-21-15-11-14(17(15)8-4-5-9-17)20-16(18-2)19-12-13-7-6-10-22-13;/h13-15H,3-12H2,1-2H3,(H2,18,19,20);1H. The summed E-state index contributed by atoms with van der Waals surface area (Å²) in [6.45, 7) is 4.69. The van der Waals surface area contributed by atoms with E-state index >= 15 is 0 Å². The predicted octanol–water partition coefficient (Wildman–Crippen LogP) is 2.69. The number of hydrogen-bond donors (Lipinski definition) is 2. The van der Waals surface area contributed by atoms with Gasteiger partial charge in [0.1, 0.15) is 0 Å². The number of guanidine groups is 1. The van der Waals surface area contributed by atoms with Crippen LogP contribution in [0.3, 0.4) is 0 Å². The average molecular weight is 437 g/mol. The lowest BCUT2D eigenvalue weighted by atomic mass is 9.60. The maximum absolute atomic E-state index is 5.98.